The Hall–Kier alpha value is -3.40. The zero-order valence-electron chi connectivity index (χ0n) is 18.6. The van der Waals surface area contributed by atoms with E-state index < -0.39 is 11.6 Å². The van der Waals surface area contributed by atoms with Gasteiger partial charge in [-0.1, -0.05) is 26.0 Å². The molecular weight excluding hydrogens is 430 g/mol. The predicted molar refractivity (Wildman–Crippen MR) is 117 cm³/mol. The predicted octanol–water partition coefficient (Wildman–Crippen LogP) is 2.79. The molecule has 0 N–H and O–H groups in total. The normalized spacial score (nSPS) is 14.6. The van der Waals surface area contributed by atoms with E-state index in [0.717, 1.165) is 12.1 Å². The molecule has 2 aromatic carbocycles. The molecule has 4 rings (SSSR count). The fourth-order valence-electron chi connectivity index (χ4n) is 3.66. The molecule has 3 aromatic rings. The third-order valence-corrected chi connectivity index (χ3v) is 5.68. The number of benzene rings is 2. The van der Waals surface area contributed by atoms with Crippen LogP contribution in [0.15, 0.2) is 42.5 Å². The molecule has 1 aromatic heterocycles. The summed E-state index contributed by atoms with van der Waals surface area (Å²) >= 11 is 0. The van der Waals surface area contributed by atoms with Crippen LogP contribution < -0.4 is 4.74 Å². The maximum atomic E-state index is 13.6. The Morgan fingerprint density at radius 2 is 1.76 bits per heavy atom. The van der Waals surface area contributed by atoms with Crippen LogP contribution >= 0.6 is 0 Å². The van der Waals surface area contributed by atoms with Gasteiger partial charge in [0.05, 0.1) is 12.2 Å². The van der Waals surface area contributed by atoms with Gasteiger partial charge in [0.2, 0.25) is 0 Å². The molecule has 0 spiro atoms. The number of halogens is 2. The highest BCUT2D eigenvalue weighted by Gasteiger charge is 2.23. The van der Waals surface area contributed by atoms with Crippen LogP contribution in [0.4, 0.5) is 8.78 Å². The highest BCUT2D eigenvalue weighted by Crippen LogP contribution is 2.19. The van der Waals surface area contributed by atoms with Gasteiger partial charge in [-0.15, -0.1) is 5.10 Å². The molecule has 0 atom stereocenters. The summed E-state index contributed by atoms with van der Waals surface area (Å²) in [5.74, 6) is -0.318. The first-order valence-corrected chi connectivity index (χ1v) is 10.9. The molecule has 1 aliphatic rings. The zero-order valence-corrected chi connectivity index (χ0v) is 18.6. The number of hydrogen-bond acceptors (Lipinski definition) is 6. The average Bonchev–Trinajstić information content (AvgIpc) is 3.28. The van der Waals surface area contributed by atoms with Crippen LogP contribution in [0.3, 0.4) is 0 Å². The van der Waals surface area contributed by atoms with Crippen molar-refractivity contribution in [1.82, 2.24) is 30.0 Å². The Balaban J connectivity index is 1.27. The molecule has 0 bridgehead atoms. The second-order valence-corrected chi connectivity index (χ2v) is 8.27. The fraction of sp³-hybridized carbons (Fsp3) is 0.391. The van der Waals surface area contributed by atoms with Crippen LogP contribution in [0.1, 0.15) is 31.2 Å². The molecule has 33 heavy (non-hydrogen) atoms. The number of ether oxygens (including phenoxy) is 1. The Bertz CT molecular complexity index is 1090. The van der Waals surface area contributed by atoms with E-state index in [1.165, 1.54) is 16.3 Å². The summed E-state index contributed by atoms with van der Waals surface area (Å²) in [5, 5.41) is 11.6. The first-order chi connectivity index (χ1) is 15.9. The minimum atomic E-state index is -0.959. The summed E-state index contributed by atoms with van der Waals surface area (Å²) < 4.78 is 33.9. The molecule has 1 amide bonds. The number of hydrogen-bond donors (Lipinski definition) is 0. The van der Waals surface area contributed by atoms with Crippen molar-refractivity contribution in [2.24, 2.45) is 0 Å². The van der Waals surface area contributed by atoms with Gasteiger partial charge in [-0.2, -0.15) is 4.68 Å². The van der Waals surface area contributed by atoms with Crippen LogP contribution in [0.5, 0.6) is 5.75 Å². The molecule has 0 aliphatic carbocycles. The molecule has 0 radical (unpaired) electrons. The molecule has 8 nitrogen and oxygen atoms in total. The third kappa shape index (κ3) is 5.51. The Morgan fingerprint density at radius 1 is 1.03 bits per heavy atom. The van der Waals surface area contributed by atoms with Crippen LogP contribution in [-0.4, -0.2) is 68.7 Å². The van der Waals surface area contributed by atoms with E-state index in [2.05, 4.69) is 34.3 Å². The summed E-state index contributed by atoms with van der Waals surface area (Å²) in [4.78, 5) is 16.4. The first-order valence-electron chi connectivity index (χ1n) is 10.9. The van der Waals surface area contributed by atoms with Crippen molar-refractivity contribution >= 4 is 5.91 Å². The molecule has 1 fully saturated rings. The number of carbonyl (C=O) groups is 1. The molecular formula is C23H26F2N6O2. The lowest BCUT2D eigenvalue weighted by atomic mass is 10.0. The highest BCUT2D eigenvalue weighted by molar-refractivity contribution is 5.77. The number of piperazine rings is 1. The van der Waals surface area contributed by atoms with Gasteiger partial charge in [-0.05, 0) is 46.2 Å². The monoisotopic (exact) mass is 456 g/mol. The summed E-state index contributed by atoms with van der Waals surface area (Å²) in [6.07, 6.45) is 0. The molecule has 0 saturated carbocycles. The maximum absolute atomic E-state index is 13.6. The van der Waals surface area contributed by atoms with Crippen molar-refractivity contribution < 1.29 is 18.3 Å². The van der Waals surface area contributed by atoms with Gasteiger partial charge in [-0.25, -0.2) is 8.78 Å². The lowest BCUT2D eigenvalue weighted by Gasteiger charge is -2.34. The molecule has 174 valence electrons. The van der Waals surface area contributed by atoms with E-state index >= 15 is 0 Å². The number of nitrogens with zero attached hydrogens (tertiary/aromatic N) is 6. The lowest BCUT2D eigenvalue weighted by Crippen LogP contribution is -2.49. The molecule has 1 saturated heterocycles. The van der Waals surface area contributed by atoms with Crippen molar-refractivity contribution in [2.45, 2.75) is 26.3 Å². The van der Waals surface area contributed by atoms with E-state index in [9.17, 15) is 13.6 Å². The van der Waals surface area contributed by atoms with Crippen LogP contribution in [-0.2, 0) is 11.3 Å². The topological polar surface area (TPSA) is 76.4 Å². The number of amides is 1. The van der Waals surface area contributed by atoms with E-state index in [4.69, 9.17) is 4.74 Å². The molecule has 1 aliphatic heterocycles. The smallest absolute Gasteiger partial charge is 0.260 e. The van der Waals surface area contributed by atoms with Gasteiger partial charge < -0.3 is 9.64 Å². The van der Waals surface area contributed by atoms with Crippen molar-refractivity contribution in [3.05, 3.63) is 65.5 Å². The standard InChI is InChI=1S/C23H26F2N6O2/c1-16(2)17-3-6-19(7-4-17)33-15-23(32)30-11-9-29(10-12-30)14-22-26-27-28-31(22)18-5-8-20(24)21(25)13-18/h3-8,13,16H,9-12,14-15H2,1-2H3. The van der Waals surface area contributed by atoms with Gasteiger partial charge in [0.15, 0.2) is 24.1 Å². The van der Waals surface area contributed by atoms with Crippen molar-refractivity contribution in [2.75, 3.05) is 32.8 Å². The van der Waals surface area contributed by atoms with Crippen molar-refractivity contribution in [3.63, 3.8) is 0 Å². The second kappa shape index (κ2) is 10.0. The second-order valence-electron chi connectivity index (χ2n) is 8.27. The van der Waals surface area contributed by atoms with Gasteiger partial charge in [0, 0.05) is 32.2 Å². The van der Waals surface area contributed by atoms with Gasteiger partial charge >= 0.3 is 0 Å². The first kappa shape index (κ1) is 22.8. The van der Waals surface area contributed by atoms with Gasteiger partial charge in [0.1, 0.15) is 5.75 Å². The van der Waals surface area contributed by atoms with Crippen LogP contribution in [0.25, 0.3) is 5.69 Å². The number of carbonyl (C=O) groups excluding carboxylic acids is 1. The highest BCUT2D eigenvalue weighted by atomic mass is 19.2. The Kier molecular flexibility index (Phi) is 6.93. The zero-order chi connectivity index (χ0) is 23.4. The summed E-state index contributed by atoms with van der Waals surface area (Å²) in [7, 11) is 0. The minimum absolute atomic E-state index is 0.00456. The summed E-state index contributed by atoms with van der Waals surface area (Å²) in [5.41, 5.74) is 1.57. The Morgan fingerprint density at radius 3 is 2.42 bits per heavy atom. The summed E-state index contributed by atoms with van der Waals surface area (Å²) in [6, 6.07) is 11.3. The van der Waals surface area contributed by atoms with E-state index in [0.29, 0.717) is 55.9 Å². The quantitative estimate of drug-likeness (QED) is 0.544. The van der Waals surface area contributed by atoms with E-state index in [1.807, 2.05) is 24.3 Å². The maximum Gasteiger partial charge on any atom is 0.260 e. The summed E-state index contributed by atoms with van der Waals surface area (Å²) in [6.45, 7) is 7.06. The molecule has 2 heterocycles. The van der Waals surface area contributed by atoms with E-state index in [-0.39, 0.29) is 12.5 Å². The largest absolute Gasteiger partial charge is 0.484 e. The number of rotatable bonds is 7. The average molecular weight is 456 g/mol. The fourth-order valence-corrected chi connectivity index (χ4v) is 3.66. The third-order valence-electron chi connectivity index (χ3n) is 5.68. The number of aromatic nitrogens is 4. The van der Waals surface area contributed by atoms with Crippen molar-refractivity contribution in [3.8, 4) is 11.4 Å². The molecule has 10 heteroatoms. The van der Waals surface area contributed by atoms with Crippen molar-refractivity contribution in [1.29, 1.82) is 0 Å². The van der Waals surface area contributed by atoms with Crippen LogP contribution in [0.2, 0.25) is 0 Å². The van der Waals surface area contributed by atoms with E-state index in [1.54, 1.807) is 4.90 Å². The minimum Gasteiger partial charge on any atom is -0.484 e. The van der Waals surface area contributed by atoms with Gasteiger partial charge in [0.25, 0.3) is 5.91 Å². The molecule has 0 unspecified atom stereocenters. The van der Waals surface area contributed by atoms with Crippen LogP contribution in [0, 0.1) is 11.6 Å². The Labute approximate surface area is 190 Å². The SMILES string of the molecule is CC(C)c1ccc(OCC(=O)N2CCN(Cc3nnnn3-c3ccc(F)c(F)c3)CC2)cc1. The van der Waals surface area contributed by atoms with Gasteiger partial charge in [-0.3, -0.25) is 9.69 Å². The lowest BCUT2D eigenvalue weighted by molar-refractivity contribution is -0.135. The number of tetrazole rings is 1.